The number of rotatable bonds is 4. The van der Waals surface area contributed by atoms with Crippen LogP contribution in [0.1, 0.15) is 12.7 Å². The quantitative estimate of drug-likeness (QED) is 0.706. The van der Waals surface area contributed by atoms with E-state index in [1.165, 1.54) is 20.4 Å². The van der Waals surface area contributed by atoms with E-state index in [4.69, 9.17) is 0 Å². The average Bonchev–Trinajstić information content (AvgIpc) is 2.58. The molecule has 1 aromatic heterocycles. The van der Waals surface area contributed by atoms with E-state index >= 15 is 0 Å². The van der Waals surface area contributed by atoms with Crippen molar-refractivity contribution in [2.24, 2.45) is 0 Å². The van der Waals surface area contributed by atoms with Gasteiger partial charge in [0, 0.05) is 19.8 Å². The second-order valence-electron chi connectivity index (χ2n) is 3.01. The molecule has 6 nitrogen and oxygen atoms in total. The van der Waals surface area contributed by atoms with Crippen molar-refractivity contribution < 1.29 is 13.3 Å². The summed E-state index contributed by atoms with van der Waals surface area (Å²) >= 11 is 0. The van der Waals surface area contributed by atoms with E-state index in [-0.39, 0.29) is 5.03 Å². The maximum absolute atomic E-state index is 11.8. The number of aromatic nitrogens is 2. The van der Waals surface area contributed by atoms with Crippen LogP contribution in [-0.4, -0.2) is 36.6 Å². The molecule has 0 aliphatic heterocycles. The van der Waals surface area contributed by atoms with E-state index < -0.39 is 10.0 Å². The van der Waals surface area contributed by atoms with Gasteiger partial charge in [0.2, 0.25) is 0 Å². The van der Waals surface area contributed by atoms with Crippen molar-refractivity contribution in [1.29, 1.82) is 0 Å². The maximum atomic E-state index is 11.8. The van der Waals surface area contributed by atoms with Gasteiger partial charge in [-0.1, -0.05) is 4.47 Å². The molecule has 0 saturated heterocycles. The summed E-state index contributed by atoms with van der Waals surface area (Å²) in [7, 11) is -1.000. The Bertz CT molecular complexity index is 438. The summed E-state index contributed by atoms with van der Waals surface area (Å²) in [5.41, 5.74) is 0. The molecule has 0 spiro atoms. The molecule has 0 bridgehead atoms. The number of nitrogens with zero attached hydrogens (tertiary/aromatic N) is 3. The molecule has 1 aromatic rings. The monoisotopic (exact) mass is 233 g/mol. The minimum Gasteiger partial charge on any atom is -0.334 e. The lowest BCUT2D eigenvalue weighted by Crippen LogP contribution is -2.26. The molecule has 0 radical (unpaired) electrons. The highest BCUT2D eigenvalue weighted by atomic mass is 32.2. The van der Waals surface area contributed by atoms with E-state index in [2.05, 4.69) is 9.82 Å². The second-order valence-corrected chi connectivity index (χ2v) is 4.89. The van der Waals surface area contributed by atoms with E-state index in [9.17, 15) is 8.42 Å². The number of aryl methyl sites for hydroxylation is 2. The highest BCUT2D eigenvalue weighted by Gasteiger charge is 2.24. The fourth-order valence-corrected chi connectivity index (χ4v) is 2.12. The molecule has 0 aromatic carbocycles. The molecule has 1 rings (SSSR count). The third-order valence-corrected chi connectivity index (χ3v) is 3.71. The highest BCUT2D eigenvalue weighted by Crippen LogP contribution is 2.13. The van der Waals surface area contributed by atoms with Crippen LogP contribution in [0.5, 0.6) is 0 Å². The van der Waals surface area contributed by atoms with Crippen LogP contribution in [0.3, 0.4) is 0 Å². The Kier molecular flexibility index (Phi) is 3.48. The Morgan fingerprint density at radius 1 is 1.60 bits per heavy atom. The van der Waals surface area contributed by atoms with E-state index in [0.29, 0.717) is 12.4 Å². The van der Waals surface area contributed by atoms with Crippen LogP contribution in [0, 0.1) is 6.92 Å². The molecular formula is C8H15N3O3S. The van der Waals surface area contributed by atoms with Gasteiger partial charge in [-0.25, -0.2) is 13.4 Å². The summed E-state index contributed by atoms with van der Waals surface area (Å²) in [4.78, 5) is 8.62. The van der Waals surface area contributed by atoms with Crippen molar-refractivity contribution in [1.82, 2.24) is 14.0 Å². The molecule has 1 heterocycles. The molecule has 0 aliphatic rings. The summed E-state index contributed by atoms with van der Waals surface area (Å²) in [6.07, 6.45) is 1.50. The molecular weight excluding hydrogens is 218 g/mol. The van der Waals surface area contributed by atoms with Crippen molar-refractivity contribution >= 4 is 10.0 Å². The van der Waals surface area contributed by atoms with Crippen molar-refractivity contribution in [3.05, 3.63) is 12.0 Å². The van der Waals surface area contributed by atoms with Gasteiger partial charge in [-0.15, -0.1) is 0 Å². The van der Waals surface area contributed by atoms with Crippen LogP contribution in [0.4, 0.5) is 0 Å². The van der Waals surface area contributed by atoms with Crippen LogP contribution in [0.2, 0.25) is 0 Å². The number of hydrogen-bond donors (Lipinski definition) is 0. The molecule has 7 heteroatoms. The summed E-state index contributed by atoms with van der Waals surface area (Å²) in [5.74, 6) is 0.667. The van der Waals surface area contributed by atoms with Crippen LogP contribution < -0.4 is 0 Å². The van der Waals surface area contributed by atoms with Gasteiger partial charge in [-0.2, -0.15) is 0 Å². The Balaban J connectivity index is 3.17. The smallest absolute Gasteiger partial charge is 0.283 e. The zero-order valence-electron chi connectivity index (χ0n) is 9.26. The normalized spacial score (nSPS) is 12.3. The first kappa shape index (κ1) is 12.2. The molecule has 0 N–H and O–H groups in total. The fraction of sp³-hybridized carbons (Fsp3) is 0.625. The minimum atomic E-state index is -3.62. The lowest BCUT2D eigenvalue weighted by Gasteiger charge is -2.11. The minimum absolute atomic E-state index is 0.00574. The first-order valence-electron chi connectivity index (χ1n) is 4.50. The van der Waals surface area contributed by atoms with Gasteiger partial charge < -0.3 is 4.57 Å². The lowest BCUT2D eigenvalue weighted by atomic mass is 10.6. The van der Waals surface area contributed by atoms with Crippen LogP contribution in [-0.2, 0) is 21.4 Å². The topological polar surface area (TPSA) is 64.4 Å². The molecule has 0 saturated carbocycles. The van der Waals surface area contributed by atoms with Gasteiger partial charge in [-0.3, -0.25) is 4.84 Å². The predicted octanol–water partition coefficient (Wildman–Crippen LogP) is 0.393. The zero-order chi connectivity index (χ0) is 11.6. The third-order valence-electron chi connectivity index (χ3n) is 2.15. The summed E-state index contributed by atoms with van der Waals surface area (Å²) in [6.45, 7) is 4.37. The summed E-state index contributed by atoms with van der Waals surface area (Å²) in [5, 5.41) is 0.00574. The molecule has 15 heavy (non-hydrogen) atoms. The molecule has 0 fully saturated rings. The van der Waals surface area contributed by atoms with Gasteiger partial charge >= 0.3 is 0 Å². The van der Waals surface area contributed by atoms with Gasteiger partial charge in [0.25, 0.3) is 10.0 Å². The Morgan fingerprint density at radius 3 is 2.60 bits per heavy atom. The maximum Gasteiger partial charge on any atom is 0.283 e. The average molecular weight is 233 g/mol. The van der Waals surface area contributed by atoms with Crippen molar-refractivity contribution in [2.75, 3.05) is 14.2 Å². The van der Waals surface area contributed by atoms with Crippen molar-refractivity contribution in [3.63, 3.8) is 0 Å². The molecule has 0 amide bonds. The standard InChI is InChI=1S/C8H15N3O3S/c1-5-11-6-8(9-7(11)2)15(12,13)10(3)14-4/h6H,5H2,1-4H3. The lowest BCUT2D eigenvalue weighted by molar-refractivity contribution is -0.0260. The van der Waals surface area contributed by atoms with E-state index in [0.717, 1.165) is 4.47 Å². The van der Waals surface area contributed by atoms with Crippen molar-refractivity contribution in [2.45, 2.75) is 25.4 Å². The SMILES string of the molecule is CCn1cc(S(=O)(=O)N(C)OC)nc1C. The van der Waals surface area contributed by atoms with Crippen LogP contribution in [0.15, 0.2) is 11.2 Å². The first-order chi connectivity index (χ1) is 6.93. The second kappa shape index (κ2) is 4.30. The summed E-state index contributed by atoms with van der Waals surface area (Å²) in [6, 6.07) is 0. The van der Waals surface area contributed by atoms with E-state index in [1.54, 1.807) is 11.5 Å². The number of hydrogen-bond acceptors (Lipinski definition) is 4. The predicted molar refractivity (Wildman–Crippen MR) is 54.6 cm³/mol. The first-order valence-corrected chi connectivity index (χ1v) is 5.94. The Labute approximate surface area is 89.5 Å². The largest absolute Gasteiger partial charge is 0.334 e. The highest BCUT2D eigenvalue weighted by molar-refractivity contribution is 7.88. The third kappa shape index (κ3) is 2.19. The molecule has 0 unspecified atom stereocenters. The number of sulfonamides is 1. The van der Waals surface area contributed by atoms with Gasteiger partial charge in [0.05, 0.1) is 7.11 Å². The number of hydroxylamine groups is 1. The molecule has 0 aliphatic carbocycles. The van der Waals surface area contributed by atoms with Crippen LogP contribution in [0.25, 0.3) is 0 Å². The Morgan fingerprint density at radius 2 is 2.20 bits per heavy atom. The van der Waals surface area contributed by atoms with E-state index in [1.807, 2.05) is 6.92 Å². The zero-order valence-corrected chi connectivity index (χ0v) is 10.1. The molecule has 0 atom stereocenters. The number of imidazole rings is 1. The van der Waals surface area contributed by atoms with Gasteiger partial charge in [0.1, 0.15) is 5.82 Å². The van der Waals surface area contributed by atoms with Gasteiger partial charge in [0.15, 0.2) is 5.03 Å². The van der Waals surface area contributed by atoms with Crippen molar-refractivity contribution in [3.8, 4) is 0 Å². The summed E-state index contributed by atoms with van der Waals surface area (Å²) < 4.78 is 26.1. The fourth-order valence-electron chi connectivity index (χ4n) is 1.15. The Hall–Kier alpha value is -0.920. The van der Waals surface area contributed by atoms with Crippen LogP contribution >= 0.6 is 0 Å². The van der Waals surface area contributed by atoms with Gasteiger partial charge in [-0.05, 0) is 13.8 Å². The molecule has 86 valence electrons.